The molecule has 2 aromatic carbocycles. The molecule has 0 saturated carbocycles. The molecule has 0 aliphatic heterocycles. The third-order valence-corrected chi connectivity index (χ3v) is 3.31. The molecule has 0 atom stereocenters. The molecule has 0 aliphatic carbocycles. The van der Waals surface area contributed by atoms with E-state index in [2.05, 4.69) is 15.9 Å². The van der Waals surface area contributed by atoms with Crippen molar-refractivity contribution in [2.45, 2.75) is 19.8 Å². The number of hydrogen-bond donors (Lipinski definition) is 0. The number of benzene rings is 2. The summed E-state index contributed by atoms with van der Waals surface area (Å²) in [5, 5.41) is 0. The zero-order valence-corrected chi connectivity index (χ0v) is 11.9. The maximum atomic E-state index is 12.0. The van der Waals surface area contributed by atoms with Gasteiger partial charge in [0.2, 0.25) is 0 Å². The Balaban J connectivity index is 1.98. The van der Waals surface area contributed by atoms with Crippen LogP contribution in [0.25, 0.3) is 0 Å². The number of aryl methyl sites for hydroxylation is 1. The largest absolute Gasteiger partial charge is 0.299 e. The normalized spacial score (nSPS) is 10.3. The van der Waals surface area contributed by atoms with Gasteiger partial charge >= 0.3 is 0 Å². The Kier molecular flexibility index (Phi) is 4.32. The van der Waals surface area contributed by atoms with E-state index in [4.69, 9.17) is 0 Å². The number of carbonyl (C=O) groups is 1. The fourth-order valence-corrected chi connectivity index (χ4v) is 2.32. The lowest BCUT2D eigenvalue weighted by Crippen LogP contribution is -2.06. The van der Waals surface area contributed by atoms with Crippen molar-refractivity contribution < 1.29 is 4.79 Å². The molecule has 2 rings (SSSR count). The van der Waals surface area contributed by atoms with Crippen LogP contribution < -0.4 is 0 Å². The van der Waals surface area contributed by atoms with Crippen LogP contribution in [0.4, 0.5) is 0 Å². The summed E-state index contributed by atoms with van der Waals surface area (Å²) in [7, 11) is 0. The van der Waals surface area contributed by atoms with Crippen LogP contribution >= 0.6 is 15.9 Å². The lowest BCUT2D eigenvalue weighted by Gasteiger charge is -2.03. The SMILES string of the molecule is Cc1ccc(CC(=O)Cc2cccc(Br)c2)cc1. The van der Waals surface area contributed by atoms with Crippen LogP contribution in [0.5, 0.6) is 0 Å². The third kappa shape index (κ3) is 3.81. The molecule has 0 N–H and O–H groups in total. The van der Waals surface area contributed by atoms with E-state index in [1.165, 1.54) is 5.56 Å². The number of rotatable bonds is 4. The number of Topliss-reactive ketones (excluding diaryl/α,β-unsaturated/α-hetero) is 1. The van der Waals surface area contributed by atoms with Crippen molar-refractivity contribution in [2.24, 2.45) is 0 Å². The topological polar surface area (TPSA) is 17.1 Å². The van der Waals surface area contributed by atoms with Crippen molar-refractivity contribution in [1.82, 2.24) is 0 Å². The van der Waals surface area contributed by atoms with E-state index in [1.807, 2.05) is 55.5 Å². The van der Waals surface area contributed by atoms with Crippen LogP contribution in [-0.4, -0.2) is 5.78 Å². The molecule has 0 saturated heterocycles. The Morgan fingerprint density at radius 3 is 2.33 bits per heavy atom. The zero-order chi connectivity index (χ0) is 13.0. The van der Waals surface area contributed by atoms with Crippen molar-refractivity contribution in [3.05, 3.63) is 69.7 Å². The molecule has 2 aromatic rings. The molecule has 0 heterocycles. The highest BCUT2D eigenvalue weighted by Crippen LogP contribution is 2.13. The van der Waals surface area contributed by atoms with Gasteiger partial charge in [0.1, 0.15) is 5.78 Å². The van der Waals surface area contributed by atoms with Crippen molar-refractivity contribution in [2.75, 3.05) is 0 Å². The molecule has 0 aromatic heterocycles. The van der Waals surface area contributed by atoms with Crippen molar-refractivity contribution >= 4 is 21.7 Å². The van der Waals surface area contributed by atoms with E-state index in [9.17, 15) is 4.79 Å². The zero-order valence-electron chi connectivity index (χ0n) is 10.3. The molecule has 2 heteroatoms. The molecular weight excluding hydrogens is 288 g/mol. The Labute approximate surface area is 116 Å². The number of ketones is 1. The van der Waals surface area contributed by atoms with Gasteiger partial charge in [0.25, 0.3) is 0 Å². The van der Waals surface area contributed by atoms with Crippen LogP contribution in [0.2, 0.25) is 0 Å². The maximum Gasteiger partial charge on any atom is 0.141 e. The minimum absolute atomic E-state index is 0.247. The van der Waals surface area contributed by atoms with E-state index >= 15 is 0 Å². The molecule has 1 nitrogen and oxygen atoms in total. The Hall–Kier alpha value is -1.41. The van der Waals surface area contributed by atoms with E-state index in [0.29, 0.717) is 12.8 Å². The molecule has 0 spiro atoms. The number of carbonyl (C=O) groups excluding carboxylic acids is 1. The first-order chi connectivity index (χ1) is 8.63. The summed E-state index contributed by atoms with van der Waals surface area (Å²) in [4.78, 5) is 12.0. The molecule has 0 amide bonds. The van der Waals surface area contributed by atoms with E-state index in [1.54, 1.807) is 0 Å². The van der Waals surface area contributed by atoms with Gasteiger partial charge in [-0.2, -0.15) is 0 Å². The minimum Gasteiger partial charge on any atom is -0.299 e. The maximum absolute atomic E-state index is 12.0. The molecule has 18 heavy (non-hydrogen) atoms. The smallest absolute Gasteiger partial charge is 0.141 e. The lowest BCUT2D eigenvalue weighted by molar-refractivity contribution is -0.117. The average molecular weight is 303 g/mol. The molecule has 92 valence electrons. The lowest BCUT2D eigenvalue weighted by atomic mass is 10.0. The summed E-state index contributed by atoms with van der Waals surface area (Å²) >= 11 is 3.42. The van der Waals surface area contributed by atoms with E-state index in [-0.39, 0.29) is 5.78 Å². The molecule has 0 unspecified atom stereocenters. The van der Waals surface area contributed by atoms with Crippen LogP contribution in [0.1, 0.15) is 16.7 Å². The second-order valence-corrected chi connectivity index (χ2v) is 5.42. The van der Waals surface area contributed by atoms with Crippen LogP contribution in [0, 0.1) is 6.92 Å². The van der Waals surface area contributed by atoms with E-state index in [0.717, 1.165) is 15.6 Å². The van der Waals surface area contributed by atoms with E-state index < -0.39 is 0 Å². The number of hydrogen-bond acceptors (Lipinski definition) is 1. The number of halogens is 1. The standard InChI is InChI=1S/C16H15BrO/c1-12-5-7-13(8-6-12)10-16(18)11-14-3-2-4-15(17)9-14/h2-9H,10-11H2,1H3. The van der Waals surface area contributed by atoms with Crippen molar-refractivity contribution in [3.63, 3.8) is 0 Å². The van der Waals surface area contributed by atoms with Gasteiger partial charge in [-0.25, -0.2) is 0 Å². The third-order valence-electron chi connectivity index (χ3n) is 2.81. The first-order valence-corrected chi connectivity index (χ1v) is 6.74. The molecular formula is C16H15BrO. The van der Waals surface area contributed by atoms with Crippen molar-refractivity contribution in [3.8, 4) is 0 Å². The van der Waals surface area contributed by atoms with Gasteiger partial charge in [-0.1, -0.05) is 57.9 Å². The summed E-state index contributed by atoms with van der Waals surface area (Å²) < 4.78 is 1.02. The predicted octanol–water partition coefficient (Wildman–Crippen LogP) is 4.11. The quantitative estimate of drug-likeness (QED) is 0.830. The fraction of sp³-hybridized carbons (Fsp3) is 0.188. The van der Waals surface area contributed by atoms with Gasteiger partial charge in [-0.3, -0.25) is 4.79 Å². The van der Waals surface area contributed by atoms with Gasteiger partial charge in [0.05, 0.1) is 0 Å². The second kappa shape index (κ2) is 5.96. The van der Waals surface area contributed by atoms with Gasteiger partial charge in [-0.05, 0) is 30.2 Å². The van der Waals surface area contributed by atoms with Gasteiger partial charge in [0, 0.05) is 17.3 Å². The molecule has 0 bridgehead atoms. The van der Waals surface area contributed by atoms with Crippen LogP contribution in [-0.2, 0) is 17.6 Å². The molecule has 0 radical (unpaired) electrons. The predicted molar refractivity (Wildman–Crippen MR) is 77.7 cm³/mol. The Morgan fingerprint density at radius 1 is 1.00 bits per heavy atom. The molecule has 0 fully saturated rings. The first-order valence-electron chi connectivity index (χ1n) is 5.95. The minimum atomic E-state index is 0.247. The first kappa shape index (κ1) is 13.0. The average Bonchev–Trinajstić information content (AvgIpc) is 2.32. The fourth-order valence-electron chi connectivity index (χ4n) is 1.87. The summed E-state index contributed by atoms with van der Waals surface area (Å²) in [6.45, 7) is 2.05. The summed E-state index contributed by atoms with van der Waals surface area (Å²) in [5.41, 5.74) is 3.36. The summed E-state index contributed by atoms with van der Waals surface area (Å²) in [5.74, 6) is 0.247. The van der Waals surface area contributed by atoms with Gasteiger partial charge in [-0.15, -0.1) is 0 Å². The van der Waals surface area contributed by atoms with Gasteiger partial charge < -0.3 is 0 Å². The monoisotopic (exact) mass is 302 g/mol. The van der Waals surface area contributed by atoms with Crippen LogP contribution in [0.15, 0.2) is 53.0 Å². The highest BCUT2D eigenvalue weighted by Gasteiger charge is 2.05. The second-order valence-electron chi connectivity index (χ2n) is 4.51. The highest BCUT2D eigenvalue weighted by atomic mass is 79.9. The highest BCUT2D eigenvalue weighted by molar-refractivity contribution is 9.10. The molecule has 0 aliphatic rings. The van der Waals surface area contributed by atoms with Gasteiger partial charge in [0.15, 0.2) is 0 Å². The van der Waals surface area contributed by atoms with Crippen LogP contribution in [0.3, 0.4) is 0 Å². The summed E-state index contributed by atoms with van der Waals surface area (Å²) in [6, 6.07) is 16.0. The Morgan fingerprint density at radius 2 is 1.67 bits per heavy atom. The van der Waals surface area contributed by atoms with Crippen molar-refractivity contribution in [1.29, 1.82) is 0 Å². The summed E-state index contributed by atoms with van der Waals surface area (Å²) in [6.07, 6.45) is 1.00. The Bertz CT molecular complexity index is 543.